The number of hydrogen-bond acceptors (Lipinski definition) is 3. The normalized spacial score (nSPS) is 10.1. The lowest BCUT2D eigenvalue weighted by molar-refractivity contribution is -0.119. The van der Waals surface area contributed by atoms with Crippen molar-refractivity contribution in [1.82, 2.24) is 5.32 Å². The number of benzene rings is 1. The number of amides is 2. The van der Waals surface area contributed by atoms with E-state index in [9.17, 15) is 9.59 Å². The summed E-state index contributed by atoms with van der Waals surface area (Å²) in [7, 11) is 0. The summed E-state index contributed by atoms with van der Waals surface area (Å²) in [5, 5.41) is 2.77. The summed E-state index contributed by atoms with van der Waals surface area (Å²) in [6, 6.07) is 6.66. The van der Waals surface area contributed by atoms with Crippen LogP contribution in [0.1, 0.15) is 24.2 Å². The fourth-order valence-electron chi connectivity index (χ4n) is 1.23. The van der Waals surface area contributed by atoms with Crippen molar-refractivity contribution in [2.45, 2.75) is 19.9 Å². The van der Waals surface area contributed by atoms with E-state index in [2.05, 4.69) is 5.32 Å². The van der Waals surface area contributed by atoms with E-state index in [1.165, 1.54) is 0 Å². The minimum absolute atomic E-state index is 0.0673. The van der Waals surface area contributed by atoms with E-state index in [1.807, 2.05) is 13.8 Å². The zero-order valence-corrected chi connectivity index (χ0v) is 9.90. The molecule has 0 spiro atoms. The van der Waals surface area contributed by atoms with Gasteiger partial charge in [0.2, 0.25) is 0 Å². The molecule has 1 aromatic rings. The van der Waals surface area contributed by atoms with Gasteiger partial charge < -0.3 is 15.8 Å². The fraction of sp³-hybridized carbons (Fsp3) is 0.333. The van der Waals surface area contributed by atoms with Gasteiger partial charge in [0.25, 0.3) is 11.8 Å². The minimum atomic E-state index is -0.554. The van der Waals surface area contributed by atoms with Crippen LogP contribution in [0, 0.1) is 0 Å². The Labute approximate surface area is 99.9 Å². The molecule has 0 bridgehead atoms. The van der Waals surface area contributed by atoms with Crippen LogP contribution in [0.5, 0.6) is 5.75 Å². The Kier molecular flexibility index (Phi) is 4.51. The number of primary amides is 1. The number of carbonyl (C=O) groups is 2. The maximum atomic E-state index is 11.7. The first-order valence-electron chi connectivity index (χ1n) is 5.31. The third kappa shape index (κ3) is 4.55. The number of nitrogens with one attached hydrogen (secondary N) is 1. The van der Waals surface area contributed by atoms with Gasteiger partial charge in [0.05, 0.1) is 0 Å². The molecule has 0 aliphatic rings. The molecule has 5 nitrogen and oxygen atoms in total. The van der Waals surface area contributed by atoms with Crippen molar-refractivity contribution >= 4 is 11.8 Å². The first-order valence-corrected chi connectivity index (χ1v) is 5.31. The van der Waals surface area contributed by atoms with Gasteiger partial charge in [0.1, 0.15) is 5.75 Å². The van der Waals surface area contributed by atoms with E-state index >= 15 is 0 Å². The maximum Gasteiger partial charge on any atom is 0.255 e. The predicted octanol–water partition coefficient (Wildman–Crippen LogP) is 0.689. The first-order chi connectivity index (χ1) is 7.99. The Bertz CT molecular complexity index is 416. The van der Waals surface area contributed by atoms with Crippen LogP contribution in [0.15, 0.2) is 24.3 Å². The van der Waals surface area contributed by atoms with Gasteiger partial charge in [-0.3, -0.25) is 9.59 Å². The molecule has 0 aliphatic heterocycles. The molecule has 17 heavy (non-hydrogen) atoms. The van der Waals surface area contributed by atoms with Crippen molar-refractivity contribution in [1.29, 1.82) is 0 Å². The summed E-state index contributed by atoms with van der Waals surface area (Å²) >= 11 is 0. The summed E-state index contributed by atoms with van der Waals surface area (Å²) in [6.07, 6.45) is 0. The second-order valence-electron chi connectivity index (χ2n) is 3.91. The molecular weight excluding hydrogens is 220 g/mol. The molecule has 2 amide bonds. The molecule has 0 saturated carbocycles. The topological polar surface area (TPSA) is 81.4 Å². The quantitative estimate of drug-likeness (QED) is 0.789. The van der Waals surface area contributed by atoms with Crippen LogP contribution in [-0.4, -0.2) is 24.5 Å². The van der Waals surface area contributed by atoms with E-state index < -0.39 is 5.91 Å². The van der Waals surface area contributed by atoms with Gasteiger partial charge in [-0.25, -0.2) is 0 Å². The summed E-state index contributed by atoms with van der Waals surface area (Å²) in [4.78, 5) is 22.2. The van der Waals surface area contributed by atoms with Gasteiger partial charge in [-0.15, -0.1) is 0 Å². The van der Waals surface area contributed by atoms with E-state index in [-0.39, 0.29) is 18.6 Å². The van der Waals surface area contributed by atoms with Crippen LogP contribution in [-0.2, 0) is 4.79 Å². The van der Waals surface area contributed by atoms with Crippen molar-refractivity contribution in [2.24, 2.45) is 5.73 Å². The van der Waals surface area contributed by atoms with Gasteiger partial charge in [-0.2, -0.15) is 0 Å². The van der Waals surface area contributed by atoms with Crippen molar-refractivity contribution < 1.29 is 14.3 Å². The monoisotopic (exact) mass is 236 g/mol. The van der Waals surface area contributed by atoms with Crippen LogP contribution in [0.3, 0.4) is 0 Å². The summed E-state index contributed by atoms with van der Waals surface area (Å²) in [5.41, 5.74) is 5.45. The molecule has 0 radical (unpaired) electrons. The number of nitrogens with two attached hydrogens (primary N) is 1. The average Bonchev–Trinajstić information content (AvgIpc) is 2.26. The highest BCUT2D eigenvalue weighted by Crippen LogP contribution is 2.13. The van der Waals surface area contributed by atoms with Crippen molar-refractivity contribution in [3.05, 3.63) is 29.8 Å². The van der Waals surface area contributed by atoms with Crippen molar-refractivity contribution in [3.63, 3.8) is 0 Å². The standard InChI is InChI=1S/C12H16N2O3/c1-8(2)14-12(16)9-4-3-5-10(6-9)17-7-11(13)15/h3-6,8H,7H2,1-2H3,(H2,13,15)(H,14,16). The smallest absolute Gasteiger partial charge is 0.255 e. The van der Waals surface area contributed by atoms with E-state index in [0.29, 0.717) is 11.3 Å². The Balaban J connectivity index is 2.71. The second kappa shape index (κ2) is 5.89. The lowest BCUT2D eigenvalue weighted by atomic mass is 10.2. The molecule has 0 heterocycles. The van der Waals surface area contributed by atoms with Gasteiger partial charge >= 0.3 is 0 Å². The van der Waals surface area contributed by atoms with Crippen LogP contribution < -0.4 is 15.8 Å². The number of carbonyl (C=O) groups excluding carboxylic acids is 2. The molecule has 92 valence electrons. The number of ether oxygens (including phenoxy) is 1. The molecular formula is C12H16N2O3. The van der Waals surface area contributed by atoms with Crippen molar-refractivity contribution in [2.75, 3.05) is 6.61 Å². The molecule has 0 aromatic heterocycles. The van der Waals surface area contributed by atoms with Crippen LogP contribution in [0.25, 0.3) is 0 Å². The van der Waals surface area contributed by atoms with Gasteiger partial charge in [-0.1, -0.05) is 6.07 Å². The Morgan fingerprint density at radius 1 is 1.41 bits per heavy atom. The predicted molar refractivity (Wildman–Crippen MR) is 63.7 cm³/mol. The zero-order chi connectivity index (χ0) is 12.8. The van der Waals surface area contributed by atoms with E-state index in [4.69, 9.17) is 10.5 Å². The Morgan fingerprint density at radius 2 is 2.12 bits per heavy atom. The van der Waals surface area contributed by atoms with E-state index in [1.54, 1.807) is 24.3 Å². The molecule has 1 aromatic carbocycles. The molecule has 0 unspecified atom stereocenters. The van der Waals surface area contributed by atoms with E-state index in [0.717, 1.165) is 0 Å². The van der Waals surface area contributed by atoms with Crippen LogP contribution in [0.4, 0.5) is 0 Å². The summed E-state index contributed by atoms with van der Waals surface area (Å²) in [6.45, 7) is 3.56. The molecule has 0 aliphatic carbocycles. The number of hydrogen-bond donors (Lipinski definition) is 2. The van der Waals surface area contributed by atoms with Gasteiger partial charge in [0.15, 0.2) is 6.61 Å². The lowest BCUT2D eigenvalue weighted by Gasteiger charge is -2.09. The molecule has 1 rings (SSSR count). The first kappa shape index (κ1) is 13.0. The minimum Gasteiger partial charge on any atom is -0.484 e. The maximum absolute atomic E-state index is 11.7. The largest absolute Gasteiger partial charge is 0.484 e. The molecule has 0 saturated heterocycles. The SMILES string of the molecule is CC(C)NC(=O)c1cccc(OCC(N)=O)c1. The highest BCUT2D eigenvalue weighted by atomic mass is 16.5. The van der Waals surface area contributed by atoms with Gasteiger partial charge in [0, 0.05) is 11.6 Å². The Hall–Kier alpha value is -2.04. The molecule has 0 atom stereocenters. The zero-order valence-electron chi connectivity index (χ0n) is 9.90. The second-order valence-corrected chi connectivity index (χ2v) is 3.91. The summed E-state index contributed by atoms with van der Waals surface area (Å²) in [5.74, 6) is -0.285. The van der Waals surface area contributed by atoms with Crippen LogP contribution >= 0.6 is 0 Å². The molecule has 0 fully saturated rings. The van der Waals surface area contributed by atoms with Crippen molar-refractivity contribution in [3.8, 4) is 5.75 Å². The highest BCUT2D eigenvalue weighted by Gasteiger charge is 2.08. The molecule has 3 N–H and O–H groups in total. The lowest BCUT2D eigenvalue weighted by Crippen LogP contribution is -2.30. The van der Waals surface area contributed by atoms with Crippen LogP contribution in [0.2, 0.25) is 0 Å². The average molecular weight is 236 g/mol. The van der Waals surface area contributed by atoms with Gasteiger partial charge in [-0.05, 0) is 32.0 Å². The third-order valence-corrected chi connectivity index (χ3v) is 1.90. The number of rotatable bonds is 5. The third-order valence-electron chi connectivity index (χ3n) is 1.90. The molecule has 5 heteroatoms. The Morgan fingerprint density at radius 3 is 2.71 bits per heavy atom. The summed E-state index contributed by atoms with van der Waals surface area (Å²) < 4.78 is 5.11. The highest BCUT2D eigenvalue weighted by molar-refractivity contribution is 5.94. The fourth-order valence-corrected chi connectivity index (χ4v) is 1.23.